The predicted molar refractivity (Wildman–Crippen MR) is 73.7 cm³/mol. The molecule has 2 aliphatic rings. The van der Waals surface area contributed by atoms with Gasteiger partial charge < -0.3 is 20.1 Å². The summed E-state index contributed by atoms with van der Waals surface area (Å²) in [4.78, 5) is 14.0. The highest BCUT2D eigenvalue weighted by atomic mass is 16.7. The fraction of sp³-hybridized carbons (Fsp3) is 0.500. The highest BCUT2D eigenvalue weighted by Crippen LogP contribution is 2.32. The normalized spacial score (nSPS) is 18.0. The van der Waals surface area contributed by atoms with Gasteiger partial charge in [-0.15, -0.1) is 0 Å². The summed E-state index contributed by atoms with van der Waals surface area (Å²) in [7, 11) is 0. The molecule has 0 spiro atoms. The minimum Gasteiger partial charge on any atom is -0.454 e. The third-order valence-corrected chi connectivity index (χ3v) is 3.50. The van der Waals surface area contributed by atoms with Crippen LogP contribution in [0.3, 0.4) is 0 Å². The summed E-state index contributed by atoms with van der Waals surface area (Å²) < 4.78 is 10.6. The van der Waals surface area contributed by atoms with E-state index >= 15 is 0 Å². The van der Waals surface area contributed by atoms with Crippen LogP contribution in [0.1, 0.15) is 5.56 Å². The Morgan fingerprint density at radius 2 is 2.05 bits per heavy atom. The number of nitrogens with one attached hydrogen (secondary N) is 2. The molecule has 6 nitrogen and oxygen atoms in total. The summed E-state index contributed by atoms with van der Waals surface area (Å²) in [5.41, 5.74) is 1.02. The third kappa shape index (κ3) is 3.20. The quantitative estimate of drug-likeness (QED) is 0.807. The Hall–Kier alpha value is -1.79. The molecule has 1 fully saturated rings. The molecule has 1 saturated heterocycles. The molecule has 0 aromatic heterocycles. The number of amides is 1. The van der Waals surface area contributed by atoms with Crippen molar-refractivity contribution in [3.63, 3.8) is 0 Å². The van der Waals surface area contributed by atoms with Crippen molar-refractivity contribution in [3.05, 3.63) is 23.8 Å². The van der Waals surface area contributed by atoms with Gasteiger partial charge in [-0.25, -0.2) is 0 Å². The molecule has 0 radical (unpaired) electrons. The lowest BCUT2D eigenvalue weighted by molar-refractivity contribution is -0.122. The first-order chi connectivity index (χ1) is 9.81. The van der Waals surface area contributed by atoms with E-state index in [9.17, 15) is 4.79 Å². The van der Waals surface area contributed by atoms with Gasteiger partial charge in [-0.05, 0) is 17.7 Å². The zero-order valence-corrected chi connectivity index (χ0v) is 11.4. The van der Waals surface area contributed by atoms with Gasteiger partial charge in [-0.3, -0.25) is 9.69 Å². The Bertz CT molecular complexity index is 487. The van der Waals surface area contributed by atoms with E-state index in [4.69, 9.17) is 9.47 Å². The summed E-state index contributed by atoms with van der Waals surface area (Å²) >= 11 is 0. The molecule has 6 heteroatoms. The molecular formula is C14H19N3O3. The van der Waals surface area contributed by atoms with Gasteiger partial charge in [0.1, 0.15) is 0 Å². The number of rotatable bonds is 4. The van der Waals surface area contributed by atoms with Crippen molar-refractivity contribution in [2.75, 3.05) is 39.5 Å². The molecule has 2 aliphatic heterocycles. The SMILES string of the molecule is O=C(CN1CCNCC1)NCc1ccc2c(c1)OCO2. The number of carbonyl (C=O) groups is 1. The Morgan fingerprint density at radius 3 is 2.90 bits per heavy atom. The van der Waals surface area contributed by atoms with E-state index in [1.165, 1.54) is 0 Å². The summed E-state index contributed by atoms with van der Waals surface area (Å²) in [6.45, 7) is 5.02. The van der Waals surface area contributed by atoms with Gasteiger partial charge in [0.2, 0.25) is 12.7 Å². The molecule has 0 saturated carbocycles. The second kappa shape index (κ2) is 6.11. The molecule has 0 atom stereocenters. The first kappa shape index (κ1) is 13.2. The number of hydrogen-bond donors (Lipinski definition) is 2. The number of ether oxygens (including phenoxy) is 2. The van der Waals surface area contributed by atoms with E-state index in [1.54, 1.807) is 0 Å². The number of fused-ring (bicyclic) bond motifs is 1. The molecule has 0 unspecified atom stereocenters. The van der Waals surface area contributed by atoms with Gasteiger partial charge in [-0.2, -0.15) is 0 Å². The predicted octanol–water partition coefficient (Wildman–Crippen LogP) is -0.0633. The second-order valence-corrected chi connectivity index (χ2v) is 4.99. The van der Waals surface area contributed by atoms with Gasteiger partial charge >= 0.3 is 0 Å². The highest BCUT2D eigenvalue weighted by molar-refractivity contribution is 5.78. The first-order valence-corrected chi connectivity index (χ1v) is 6.89. The van der Waals surface area contributed by atoms with Crippen LogP contribution >= 0.6 is 0 Å². The summed E-state index contributed by atoms with van der Waals surface area (Å²) in [6.07, 6.45) is 0. The summed E-state index contributed by atoms with van der Waals surface area (Å²) in [5, 5.41) is 6.21. The number of nitrogens with zero attached hydrogens (tertiary/aromatic N) is 1. The highest BCUT2D eigenvalue weighted by Gasteiger charge is 2.15. The van der Waals surface area contributed by atoms with E-state index in [0.29, 0.717) is 13.1 Å². The van der Waals surface area contributed by atoms with Crippen molar-refractivity contribution in [3.8, 4) is 11.5 Å². The molecule has 1 amide bonds. The largest absolute Gasteiger partial charge is 0.454 e. The molecule has 0 bridgehead atoms. The van der Waals surface area contributed by atoms with Crippen LogP contribution in [0.5, 0.6) is 11.5 Å². The molecule has 1 aromatic rings. The van der Waals surface area contributed by atoms with Crippen LogP contribution in [0.15, 0.2) is 18.2 Å². The average Bonchev–Trinajstić information content (AvgIpc) is 2.93. The van der Waals surface area contributed by atoms with E-state index in [1.807, 2.05) is 18.2 Å². The minimum atomic E-state index is 0.0598. The van der Waals surface area contributed by atoms with E-state index in [-0.39, 0.29) is 12.7 Å². The Labute approximate surface area is 118 Å². The zero-order valence-electron chi connectivity index (χ0n) is 11.4. The monoisotopic (exact) mass is 277 g/mol. The smallest absolute Gasteiger partial charge is 0.234 e. The molecule has 2 N–H and O–H groups in total. The molecule has 108 valence electrons. The average molecular weight is 277 g/mol. The number of benzene rings is 1. The van der Waals surface area contributed by atoms with Crippen LogP contribution in [0.4, 0.5) is 0 Å². The number of hydrogen-bond acceptors (Lipinski definition) is 5. The topological polar surface area (TPSA) is 62.8 Å². The number of carbonyl (C=O) groups excluding carboxylic acids is 1. The molecule has 2 heterocycles. The van der Waals surface area contributed by atoms with Crippen LogP contribution in [0.2, 0.25) is 0 Å². The van der Waals surface area contributed by atoms with Crippen LogP contribution in [0, 0.1) is 0 Å². The van der Waals surface area contributed by atoms with Crippen LogP contribution in [0.25, 0.3) is 0 Å². The Balaban J connectivity index is 1.47. The lowest BCUT2D eigenvalue weighted by Crippen LogP contribution is -2.47. The van der Waals surface area contributed by atoms with Crippen LogP contribution in [-0.2, 0) is 11.3 Å². The van der Waals surface area contributed by atoms with Gasteiger partial charge in [0.15, 0.2) is 11.5 Å². The molecule has 20 heavy (non-hydrogen) atoms. The lowest BCUT2D eigenvalue weighted by atomic mass is 10.2. The second-order valence-electron chi connectivity index (χ2n) is 4.99. The Morgan fingerprint density at radius 1 is 1.25 bits per heavy atom. The van der Waals surface area contributed by atoms with E-state index in [2.05, 4.69) is 15.5 Å². The fourth-order valence-corrected chi connectivity index (χ4v) is 2.38. The van der Waals surface area contributed by atoms with Gasteiger partial charge in [0, 0.05) is 32.7 Å². The number of piperazine rings is 1. The van der Waals surface area contributed by atoms with E-state index < -0.39 is 0 Å². The van der Waals surface area contributed by atoms with E-state index in [0.717, 1.165) is 43.2 Å². The van der Waals surface area contributed by atoms with Gasteiger partial charge in [0.05, 0.1) is 6.54 Å². The van der Waals surface area contributed by atoms with Crippen molar-refractivity contribution >= 4 is 5.91 Å². The fourth-order valence-electron chi connectivity index (χ4n) is 2.38. The van der Waals surface area contributed by atoms with Crippen molar-refractivity contribution < 1.29 is 14.3 Å². The van der Waals surface area contributed by atoms with Gasteiger partial charge in [0.25, 0.3) is 0 Å². The van der Waals surface area contributed by atoms with Crippen molar-refractivity contribution in [2.45, 2.75) is 6.54 Å². The lowest BCUT2D eigenvalue weighted by Gasteiger charge is -2.26. The summed E-state index contributed by atoms with van der Waals surface area (Å²) in [5.74, 6) is 1.57. The molecule has 0 aliphatic carbocycles. The standard InChI is InChI=1S/C14H19N3O3/c18-14(9-17-5-3-15-4-6-17)16-8-11-1-2-12-13(7-11)20-10-19-12/h1-2,7,15H,3-6,8-10H2,(H,16,18). The maximum atomic E-state index is 11.9. The summed E-state index contributed by atoms with van der Waals surface area (Å²) in [6, 6.07) is 5.73. The van der Waals surface area contributed by atoms with Crippen molar-refractivity contribution in [1.82, 2.24) is 15.5 Å². The third-order valence-electron chi connectivity index (χ3n) is 3.50. The zero-order chi connectivity index (χ0) is 13.8. The molecular weight excluding hydrogens is 258 g/mol. The van der Waals surface area contributed by atoms with Crippen LogP contribution < -0.4 is 20.1 Å². The maximum Gasteiger partial charge on any atom is 0.234 e. The van der Waals surface area contributed by atoms with Crippen molar-refractivity contribution in [1.29, 1.82) is 0 Å². The first-order valence-electron chi connectivity index (χ1n) is 6.89. The maximum absolute atomic E-state index is 11.9. The molecule has 1 aromatic carbocycles. The Kier molecular flexibility index (Phi) is 4.03. The molecule has 3 rings (SSSR count). The minimum absolute atomic E-state index is 0.0598. The van der Waals surface area contributed by atoms with Gasteiger partial charge in [-0.1, -0.05) is 6.07 Å². The van der Waals surface area contributed by atoms with Crippen molar-refractivity contribution in [2.24, 2.45) is 0 Å². The van der Waals surface area contributed by atoms with Crippen LogP contribution in [-0.4, -0.2) is 50.3 Å².